The van der Waals surface area contributed by atoms with E-state index in [2.05, 4.69) is 20.4 Å². The Morgan fingerprint density at radius 3 is 2.32 bits per heavy atom. The first kappa shape index (κ1) is 19.4. The molecule has 122 valence electrons. The Hall–Kier alpha value is -2.57. The molecule has 0 atom stereocenters. The number of urea groups is 1. The first-order valence-electron chi connectivity index (χ1n) is 6.81. The molecule has 0 aliphatic rings. The number of amides is 3. The number of hydrogen-bond donors (Lipinski definition) is 2. The summed E-state index contributed by atoms with van der Waals surface area (Å²) in [5.74, 6) is 0. The van der Waals surface area contributed by atoms with E-state index in [1.807, 2.05) is 31.2 Å². The van der Waals surface area contributed by atoms with E-state index in [9.17, 15) is 9.59 Å². The van der Waals surface area contributed by atoms with Gasteiger partial charge in [-0.3, -0.25) is 0 Å². The van der Waals surface area contributed by atoms with E-state index in [0.717, 1.165) is 5.69 Å². The van der Waals surface area contributed by atoms with Crippen LogP contribution in [0, 0.1) is 6.92 Å². The molecular formula is C15H24N4O3. The maximum Gasteiger partial charge on any atom is 0.434 e. The van der Waals surface area contributed by atoms with E-state index >= 15 is 0 Å². The van der Waals surface area contributed by atoms with Gasteiger partial charge in [0.15, 0.2) is 0 Å². The summed E-state index contributed by atoms with van der Waals surface area (Å²) in [6.45, 7) is 4.11. The van der Waals surface area contributed by atoms with Gasteiger partial charge in [0.05, 0.1) is 12.9 Å². The van der Waals surface area contributed by atoms with Crippen molar-refractivity contribution in [3.8, 4) is 0 Å². The van der Waals surface area contributed by atoms with E-state index in [4.69, 9.17) is 0 Å². The van der Waals surface area contributed by atoms with Crippen molar-refractivity contribution in [2.75, 3.05) is 33.1 Å². The fourth-order valence-corrected chi connectivity index (χ4v) is 1.15. The molecule has 1 rings (SSSR count). The molecule has 0 spiro atoms. The van der Waals surface area contributed by atoms with Crippen LogP contribution in [0.3, 0.4) is 0 Å². The van der Waals surface area contributed by atoms with Crippen molar-refractivity contribution in [3.05, 3.63) is 29.8 Å². The van der Waals surface area contributed by atoms with E-state index in [0.29, 0.717) is 6.61 Å². The van der Waals surface area contributed by atoms with Crippen LogP contribution < -0.4 is 10.6 Å². The van der Waals surface area contributed by atoms with Gasteiger partial charge in [-0.1, -0.05) is 17.7 Å². The normalized spacial score (nSPS) is 9.50. The summed E-state index contributed by atoms with van der Waals surface area (Å²) in [5, 5.41) is 5.15. The number of carbonyl (C=O) groups excluding carboxylic acids is 2. The van der Waals surface area contributed by atoms with Crippen molar-refractivity contribution in [1.29, 1.82) is 0 Å². The van der Waals surface area contributed by atoms with Gasteiger partial charge >= 0.3 is 12.1 Å². The maximum absolute atomic E-state index is 10.8. The first-order valence-corrected chi connectivity index (χ1v) is 6.81. The Balaban J connectivity index is 0.000000409. The quantitative estimate of drug-likeness (QED) is 0.664. The smallest absolute Gasteiger partial charge is 0.434 e. The molecule has 1 aromatic carbocycles. The van der Waals surface area contributed by atoms with Crippen molar-refractivity contribution >= 4 is 24.2 Å². The summed E-state index contributed by atoms with van der Waals surface area (Å²) < 4.78 is 4.53. The number of benzene rings is 1. The van der Waals surface area contributed by atoms with Gasteiger partial charge in [0.25, 0.3) is 0 Å². The minimum atomic E-state index is -0.545. The van der Waals surface area contributed by atoms with Crippen molar-refractivity contribution in [2.45, 2.75) is 13.8 Å². The van der Waals surface area contributed by atoms with Gasteiger partial charge in [-0.15, -0.1) is 0 Å². The highest BCUT2D eigenvalue weighted by atomic mass is 16.5. The molecular weight excluding hydrogens is 284 g/mol. The Morgan fingerprint density at radius 2 is 1.86 bits per heavy atom. The van der Waals surface area contributed by atoms with Crippen molar-refractivity contribution in [2.24, 2.45) is 4.99 Å². The zero-order valence-corrected chi connectivity index (χ0v) is 13.7. The molecule has 1 aromatic rings. The van der Waals surface area contributed by atoms with Gasteiger partial charge in [0.1, 0.15) is 0 Å². The number of aryl methyl sites for hydroxylation is 1. The molecule has 7 nitrogen and oxygen atoms in total. The molecule has 0 bridgehead atoms. The standard InChI is InChI=1S/C9H12N2O.C6H12N2O2/c1-7-3-5-8(6-4-7)11-9(12)10-2;1-4-10-6(9)7-5-8(2)3/h3-6H,1-2H3,(H2,10,11,12);5H,4H2,1-3H3. The van der Waals surface area contributed by atoms with Crippen molar-refractivity contribution in [3.63, 3.8) is 0 Å². The number of ether oxygens (including phenoxy) is 1. The zero-order valence-electron chi connectivity index (χ0n) is 13.7. The van der Waals surface area contributed by atoms with Crippen LogP contribution in [0.25, 0.3) is 0 Å². The van der Waals surface area contributed by atoms with Crippen LogP contribution in [0.1, 0.15) is 12.5 Å². The third kappa shape index (κ3) is 10.2. The largest absolute Gasteiger partial charge is 0.448 e. The number of hydrogen-bond acceptors (Lipinski definition) is 3. The highest BCUT2D eigenvalue weighted by Crippen LogP contribution is 2.07. The summed E-state index contributed by atoms with van der Waals surface area (Å²) in [7, 11) is 5.15. The second-order valence-corrected chi connectivity index (χ2v) is 4.48. The molecule has 7 heteroatoms. The lowest BCUT2D eigenvalue weighted by Crippen LogP contribution is -2.24. The summed E-state index contributed by atoms with van der Waals surface area (Å²) in [4.78, 5) is 26.5. The Kier molecular flexibility index (Phi) is 9.83. The molecule has 0 aromatic heterocycles. The van der Waals surface area contributed by atoms with E-state index in [-0.39, 0.29) is 6.03 Å². The second-order valence-electron chi connectivity index (χ2n) is 4.48. The van der Waals surface area contributed by atoms with Crippen LogP contribution in [-0.2, 0) is 4.74 Å². The number of nitrogens with one attached hydrogen (secondary N) is 2. The van der Waals surface area contributed by atoms with Crippen LogP contribution in [0.15, 0.2) is 29.3 Å². The molecule has 0 fully saturated rings. The van der Waals surface area contributed by atoms with Gasteiger partial charge in [-0.25, -0.2) is 9.59 Å². The molecule has 3 amide bonds. The average Bonchev–Trinajstić information content (AvgIpc) is 2.48. The fourth-order valence-electron chi connectivity index (χ4n) is 1.15. The molecule has 2 N–H and O–H groups in total. The highest BCUT2D eigenvalue weighted by molar-refractivity contribution is 5.88. The summed E-state index contributed by atoms with van der Waals surface area (Å²) in [6, 6.07) is 7.44. The van der Waals surface area contributed by atoms with Crippen molar-refractivity contribution < 1.29 is 14.3 Å². The van der Waals surface area contributed by atoms with Gasteiger partial charge in [0.2, 0.25) is 0 Å². The third-order valence-corrected chi connectivity index (χ3v) is 2.20. The van der Waals surface area contributed by atoms with E-state index in [1.165, 1.54) is 11.9 Å². The molecule has 22 heavy (non-hydrogen) atoms. The molecule has 0 radical (unpaired) electrons. The van der Waals surface area contributed by atoms with Crippen LogP contribution in [-0.4, -0.2) is 51.1 Å². The zero-order chi connectivity index (χ0) is 17.0. The SMILES string of the molecule is CCOC(=O)N=CN(C)C.CNC(=O)Nc1ccc(C)cc1. The third-order valence-electron chi connectivity index (χ3n) is 2.20. The minimum Gasteiger partial charge on any atom is -0.448 e. The lowest BCUT2D eigenvalue weighted by Gasteiger charge is -2.03. The van der Waals surface area contributed by atoms with Gasteiger partial charge in [-0.2, -0.15) is 4.99 Å². The number of rotatable bonds is 3. The fraction of sp³-hybridized carbons (Fsp3) is 0.400. The molecule has 0 heterocycles. The summed E-state index contributed by atoms with van der Waals surface area (Å²) in [5.41, 5.74) is 1.98. The summed E-state index contributed by atoms with van der Waals surface area (Å²) in [6.07, 6.45) is 0.856. The van der Waals surface area contributed by atoms with Gasteiger partial charge < -0.3 is 20.3 Å². The minimum absolute atomic E-state index is 0.196. The highest BCUT2D eigenvalue weighted by Gasteiger charge is 1.96. The van der Waals surface area contributed by atoms with Crippen LogP contribution in [0.4, 0.5) is 15.3 Å². The molecule has 0 saturated carbocycles. The maximum atomic E-state index is 10.8. The lowest BCUT2D eigenvalue weighted by molar-refractivity contribution is 0.163. The van der Waals surface area contributed by atoms with Gasteiger partial charge in [0, 0.05) is 26.8 Å². The monoisotopic (exact) mass is 308 g/mol. The number of anilines is 1. The van der Waals surface area contributed by atoms with Gasteiger partial charge in [-0.05, 0) is 26.0 Å². The lowest BCUT2D eigenvalue weighted by atomic mass is 10.2. The number of aliphatic imine (C=N–C) groups is 1. The molecule has 0 aliphatic carbocycles. The van der Waals surface area contributed by atoms with Crippen molar-refractivity contribution in [1.82, 2.24) is 10.2 Å². The molecule has 0 aliphatic heterocycles. The molecule has 0 saturated heterocycles. The topological polar surface area (TPSA) is 83.0 Å². The predicted octanol–water partition coefficient (Wildman–Crippen LogP) is 2.48. The second kappa shape index (κ2) is 11.1. The van der Waals surface area contributed by atoms with E-state index < -0.39 is 6.09 Å². The number of nitrogens with zero attached hydrogens (tertiary/aromatic N) is 2. The average molecular weight is 308 g/mol. The van der Waals surface area contributed by atoms with Crippen LogP contribution in [0.2, 0.25) is 0 Å². The summed E-state index contributed by atoms with van der Waals surface area (Å²) >= 11 is 0. The first-order chi connectivity index (χ1) is 10.4. The van der Waals surface area contributed by atoms with E-state index in [1.54, 1.807) is 33.0 Å². The Bertz CT molecular complexity index is 484. The Labute approximate surface area is 131 Å². The molecule has 0 unspecified atom stereocenters. The predicted molar refractivity (Wildman–Crippen MR) is 88.5 cm³/mol. The van der Waals surface area contributed by atoms with Crippen LogP contribution >= 0.6 is 0 Å². The number of carbonyl (C=O) groups is 2. The Morgan fingerprint density at radius 1 is 1.27 bits per heavy atom. The van der Waals surface area contributed by atoms with Crippen LogP contribution in [0.5, 0.6) is 0 Å².